The fourth-order valence-corrected chi connectivity index (χ4v) is 4.16. The number of hydrogen-bond donors (Lipinski definition) is 1. The summed E-state index contributed by atoms with van der Waals surface area (Å²) < 4.78 is 18.8. The van der Waals surface area contributed by atoms with Crippen molar-refractivity contribution in [1.29, 1.82) is 0 Å². The van der Waals surface area contributed by atoms with Crippen LogP contribution in [0.2, 0.25) is 0 Å². The van der Waals surface area contributed by atoms with E-state index in [0.29, 0.717) is 6.61 Å². The van der Waals surface area contributed by atoms with Crippen LogP contribution >= 0.6 is 0 Å². The predicted molar refractivity (Wildman–Crippen MR) is 120 cm³/mol. The van der Waals surface area contributed by atoms with Gasteiger partial charge in [0.1, 0.15) is 11.5 Å². The number of methoxy groups -OCH3 is 3. The Morgan fingerprint density at radius 2 is 1.83 bits per heavy atom. The van der Waals surface area contributed by atoms with Crippen LogP contribution in [0.1, 0.15) is 37.4 Å². The van der Waals surface area contributed by atoms with E-state index in [4.69, 9.17) is 19.3 Å². The molecule has 0 unspecified atom stereocenters. The molecule has 30 heavy (non-hydrogen) atoms. The third-order valence-corrected chi connectivity index (χ3v) is 5.99. The highest BCUT2D eigenvalue weighted by atomic mass is 16.5. The molecule has 1 fully saturated rings. The lowest BCUT2D eigenvalue weighted by Gasteiger charge is -2.25. The van der Waals surface area contributed by atoms with Crippen molar-refractivity contribution in [2.75, 3.05) is 33.2 Å². The van der Waals surface area contributed by atoms with Gasteiger partial charge in [0.05, 0.1) is 49.0 Å². The van der Waals surface area contributed by atoms with Gasteiger partial charge in [-0.25, -0.2) is 4.52 Å². The highest BCUT2D eigenvalue weighted by molar-refractivity contribution is 5.82. The van der Waals surface area contributed by atoms with E-state index in [-0.39, 0.29) is 0 Å². The van der Waals surface area contributed by atoms with Crippen LogP contribution in [-0.4, -0.2) is 37.5 Å². The first-order valence-corrected chi connectivity index (χ1v) is 10.7. The molecule has 2 heterocycles. The summed E-state index contributed by atoms with van der Waals surface area (Å²) in [6.45, 7) is 3.65. The van der Waals surface area contributed by atoms with Gasteiger partial charge in [-0.2, -0.15) is 5.10 Å². The minimum Gasteiger partial charge on any atom is -0.496 e. The highest BCUT2D eigenvalue weighted by Gasteiger charge is 2.22. The second-order valence-electron chi connectivity index (χ2n) is 7.87. The Bertz CT molecular complexity index is 999. The maximum atomic E-state index is 5.75. The number of hydrogen-bond acceptors (Lipinski definition) is 5. The molecule has 4 rings (SSSR count). The smallest absolute Gasteiger partial charge is 0.132 e. The second kappa shape index (κ2) is 8.96. The van der Waals surface area contributed by atoms with Gasteiger partial charge >= 0.3 is 0 Å². The zero-order chi connectivity index (χ0) is 21.1. The largest absolute Gasteiger partial charge is 0.496 e. The lowest BCUT2D eigenvalue weighted by Crippen LogP contribution is -2.21. The molecule has 6 nitrogen and oxygen atoms in total. The Hall–Kier alpha value is -2.73. The molecule has 6 heteroatoms. The van der Waals surface area contributed by atoms with Crippen molar-refractivity contribution < 1.29 is 14.2 Å². The van der Waals surface area contributed by atoms with E-state index in [1.165, 1.54) is 19.3 Å². The number of benzene rings is 1. The maximum absolute atomic E-state index is 5.75. The zero-order valence-corrected chi connectivity index (χ0v) is 18.3. The monoisotopic (exact) mass is 409 g/mol. The molecule has 1 saturated carbocycles. The average Bonchev–Trinajstić information content (AvgIpc) is 3.10. The van der Waals surface area contributed by atoms with Crippen LogP contribution in [0.4, 0.5) is 5.69 Å². The summed E-state index contributed by atoms with van der Waals surface area (Å²) in [5.74, 6) is 2.26. The normalized spacial score (nSPS) is 14.0. The molecule has 0 bridgehead atoms. The molecule has 3 aromatic rings. The molecule has 0 atom stereocenters. The van der Waals surface area contributed by atoms with Gasteiger partial charge in [0.25, 0.3) is 0 Å². The number of rotatable bonds is 9. The van der Waals surface area contributed by atoms with Crippen molar-refractivity contribution in [3.63, 3.8) is 0 Å². The van der Waals surface area contributed by atoms with E-state index in [2.05, 4.69) is 30.4 Å². The first-order chi connectivity index (χ1) is 14.7. The number of anilines is 1. The number of aromatic nitrogens is 2. The van der Waals surface area contributed by atoms with Crippen LogP contribution in [0.25, 0.3) is 16.8 Å². The number of nitrogens with zero attached hydrogens (tertiary/aromatic N) is 2. The Kier molecular flexibility index (Phi) is 6.13. The van der Waals surface area contributed by atoms with E-state index in [1.54, 1.807) is 21.3 Å². The van der Waals surface area contributed by atoms with E-state index < -0.39 is 0 Å². The average molecular weight is 410 g/mol. The summed E-state index contributed by atoms with van der Waals surface area (Å²) in [5.41, 5.74) is 6.13. The van der Waals surface area contributed by atoms with E-state index >= 15 is 0 Å². The van der Waals surface area contributed by atoms with E-state index in [9.17, 15) is 0 Å². The molecule has 1 aromatic carbocycles. The summed E-state index contributed by atoms with van der Waals surface area (Å²) in [6, 6.07) is 10.3. The second-order valence-corrected chi connectivity index (χ2v) is 7.87. The molecule has 1 N–H and O–H groups in total. The third-order valence-electron chi connectivity index (χ3n) is 5.99. The molecule has 0 saturated heterocycles. The Morgan fingerprint density at radius 3 is 2.40 bits per heavy atom. The number of nitrogens with one attached hydrogen (secondary N) is 1. The molecule has 0 aliphatic heterocycles. The molecule has 160 valence electrons. The highest BCUT2D eigenvalue weighted by Crippen LogP contribution is 2.41. The van der Waals surface area contributed by atoms with Crippen molar-refractivity contribution in [1.82, 2.24) is 9.61 Å². The van der Waals surface area contributed by atoms with E-state index in [1.807, 2.05) is 16.6 Å². The molecule has 1 aliphatic rings. The van der Waals surface area contributed by atoms with Crippen LogP contribution in [0, 0.1) is 5.92 Å². The first kappa shape index (κ1) is 20.5. The van der Waals surface area contributed by atoms with Gasteiger partial charge in [-0.05, 0) is 55.0 Å². The standard InChI is InChI=1S/C24H31N3O3/c1-5-18-24(25-14-16-8-6-9-16)20-11-7-10-19(27(20)26-18)23-21(29-3)12-17(15-28-2)13-22(23)30-4/h7,10-13,16,25H,5-6,8-9,14-15H2,1-4H3. The molecule has 0 amide bonds. The third kappa shape index (κ3) is 3.72. The summed E-state index contributed by atoms with van der Waals surface area (Å²) in [7, 11) is 5.05. The molecule has 0 spiro atoms. The predicted octanol–water partition coefficient (Wildman–Crippen LogP) is 4.94. The number of fused-ring (bicyclic) bond motifs is 1. The lowest BCUT2D eigenvalue weighted by molar-refractivity contribution is 0.184. The van der Waals surface area contributed by atoms with E-state index in [0.717, 1.165) is 64.1 Å². The Labute approximate surface area is 178 Å². The fourth-order valence-electron chi connectivity index (χ4n) is 4.16. The molecule has 0 radical (unpaired) electrons. The quantitative estimate of drug-likeness (QED) is 0.542. The molecular weight excluding hydrogens is 378 g/mol. The van der Waals surface area contributed by atoms with Crippen LogP contribution in [0.15, 0.2) is 30.3 Å². The minimum atomic E-state index is 0.494. The van der Waals surface area contributed by atoms with Gasteiger partial charge in [-0.3, -0.25) is 0 Å². The zero-order valence-electron chi connectivity index (χ0n) is 18.3. The molecule has 1 aliphatic carbocycles. The Balaban J connectivity index is 1.84. The minimum absolute atomic E-state index is 0.494. The fraction of sp³-hybridized carbons (Fsp3) is 0.458. The summed E-state index contributed by atoms with van der Waals surface area (Å²) in [6.07, 6.45) is 4.86. The molecule has 2 aromatic heterocycles. The van der Waals surface area contributed by atoms with Gasteiger partial charge in [-0.15, -0.1) is 0 Å². The van der Waals surface area contributed by atoms with Crippen molar-refractivity contribution >= 4 is 11.2 Å². The van der Waals surface area contributed by atoms with Gasteiger partial charge < -0.3 is 19.5 Å². The number of ether oxygens (including phenoxy) is 3. The summed E-state index contributed by atoms with van der Waals surface area (Å²) >= 11 is 0. The number of aryl methyl sites for hydroxylation is 1. The van der Waals surface area contributed by atoms with Gasteiger partial charge in [0.15, 0.2) is 0 Å². The topological polar surface area (TPSA) is 57.0 Å². The Morgan fingerprint density at radius 1 is 1.10 bits per heavy atom. The lowest BCUT2D eigenvalue weighted by atomic mass is 9.85. The van der Waals surface area contributed by atoms with Gasteiger partial charge in [0.2, 0.25) is 0 Å². The van der Waals surface area contributed by atoms with Crippen molar-refractivity contribution in [3.05, 3.63) is 41.6 Å². The summed E-state index contributed by atoms with van der Waals surface area (Å²) in [5, 5.41) is 8.65. The first-order valence-electron chi connectivity index (χ1n) is 10.7. The SMILES string of the molecule is CCc1nn2c(-c3c(OC)cc(COC)cc3OC)cccc2c1NCC1CCC1. The number of pyridine rings is 1. The molecular formula is C24H31N3O3. The van der Waals surface area contributed by atoms with Crippen LogP contribution in [0.3, 0.4) is 0 Å². The van der Waals surface area contributed by atoms with Crippen LogP contribution in [0.5, 0.6) is 11.5 Å². The van der Waals surface area contributed by atoms with Gasteiger partial charge in [-0.1, -0.05) is 19.4 Å². The van der Waals surface area contributed by atoms with Crippen molar-refractivity contribution in [3.8, 4) is 22.8 Å². The van der Waals surface area contributed by atoms with Crippen LogP contribution in [-0.2, 0) is 17.8 Å². The van der Waals surface area contributed by atoms with Gasteiger partial charge in [0, 0.05) is 13.7 Å². The maximum Gasteiger partial charge on any atom is 0.132 e. The van der Waals surface area contributed by atoms with Crippen molar-refractivity contribution in [2.45, 2.75) is 39.2 Å². The van der Waals surface area contributed by atoms with Crippen molar-refractivity contribution in [2.24, 2.45) is 5.92 Å². The summed E-state index contributed by atoms with van der Waals surface area (Å²) in [4.78, 5) is 0. The van der Waals surface area contributed by atoms with Crippen LogP contribution < -0.4 is 14.8 Å².